The number of carbonyl (C=O) groups excluding carboxylic acids is 1. The van der Waals surface area contributed by atoms with E-state index in [1.165, 1.54) is 25.7 Å². The van der Waals surface area contributed by atoms with Gasteiger partial charge in [-0.25, -0.2) is 0 Å². The number of esters is 1. The minimum absolute atomic E-state index is 0. The van der Waals surface area contributed by atoms with Gasteiger partial charge in [0.25, 0.3) is 10.1 Å². The van der Waals surface area contributed by atoms with Crippen molar-refractivity contribution < 1.29 is 22.5 Å². The van der Waals surface area contributed by atoms with Gasteiger partial charge in [-0.2, -0.15) is 8.42 Å². The van der Waals surface area contributed by atoms with Crippen LogP contribution in [0.4, 0.5) is 0 Å². The van der Waals surface area contributed by atoms with Crippen LogP contribution in [0.1, 0.15) is 58.3 Å². The standard InChI is InChI=1S/C12H24O5S.Na/c1-2-3-4-5-6-7-8-9-12(13)17-10-11-18(14,15)16;/h2-11H2,1H3,(H,14,15,16);. The second-order valence-corrected chi connectivity index (χ2v) is 5.95. The smallest absolute Gasteiger partial charge is 0.305 e. The van der Waals surface area contributed by atoms with Gasteiger partial charge in [-0.05, 0) is 6.42 Å². The molecule has 0 fully saturated rings. The molecule has 7 heteroatoms. The minimum atomic E-state index is -4.04. The van der Waals surface area contributed by atoms with Gasteiger partial charge in [0.2, 0.25) is 0 Å². The van der Waals surface area contributed by atoms with Gasteiger partial charge in [0.1, 0.15) is 12.4 Å². The third-order valence-corrected chi connectivity index (χ3v) is 3.27. The fourth-order valence-corrected chi connectivity index (χ4v) is 1.85. The zero-order valence-electron chi connectivity index (χ0n) is 12.1. The molecular weight excluding hydrogens is 279 g/mol. The minimum Gasteiger partial charge on any atom is -0.464 e. The molecule has 0 saturated carbocycles. The Hall–Kier alpha value is 0.380. The van der Waals surface area contributed by atoms with Gasteiger partial charge in [-0.15, -0.1) is 0 Å². The Balaban J connectivity index is 0. The van der Waals surface area contributed by atoms with E-state index in [1.807, 2.05) is 0 Å². The first-order valence-corrected chi connectivity index (χ1v) is 8.17. The van der Waals surface area contributed by atoms with Crippen LogP contribution in [0.15, 0.2) is 0 Å². The van der Waals surface area contributed by atoms with Crippen molar-refractivity contribution in [2.45, 2.75) is 58.3 Å². The fourth-order valence-electron chi connectivity index (χ4n) is 1.56. The third kappa shape index (κ3) is 18.4. The van der Waals surface area contributed by atoms with Crippen LogP contribution in [-0.2, 0) is 19.6 Å². The molecule has 5 nitrogen and oxygen atoms in total. The van der Waals surface area contributed by atoms with E-state index in [1.54, 1.807) is 0 Å². The Morgan fingerprint density at radius 2 is 1.58 bits per heavy atom. The van der Waals surface area contributed by atoms with Crippen molar-refractivity contribution in [3.8, 4) is 0 Å². The molecular formula is C12H24NaO5S. The zero-order valence-corrected chi connectivity index (χ0v) is 14.9. The van der Waals surface area contributed by atoms with E-state index < -0.39 is 21.8 Å². The van der Waals surface area contributed by atoms with E-state index in [2.05, 4.69) is 11.7 Å². The van der Waals surface area contributed by atoms with Crippen molar-refractivity contribution in [3.05, 3.63) is 0 Å². The van der Waals surface area contributed by atoms with Crippen LogP contribution < -0.4 is 0 Å². The number of hydrogen-bond acceptors (Lipinski definition) is 4. The molecule has 0 rings (SSSR count). The molecule has 0 amide bonds. The van der Waals surface area contributed by atoms with Crippen LogP contribution >= 0.6 is 0 Å². The van der Waals surface area contributed by atoms with Gasteiger partial charge in [-0.3, -0.25) is 9.35 Å². The van der Waals surface area contributed by atoms with Crippen LogP contribution in [0, 0.1) is 0 Å². The van der Waals surface area contributed by atoms with Gasteiger partial charge in [0.15, 0.2) is 0 Å². The van der Waals surface area contributed by atoms with Crippen molar-refractivity contribution in [3.63, 3.8) is 0 Å². The van der Waals surface area contributed by atoms with Crippen LogP contribution in [0.2, 0.25) is 0 Å². The monoisotopic (exact) mass is 303 g/mol. The first-order chi connectivity index (χ1) is 8.45. The first-order valence-electron chi connectivity index (χ1n) is 6.56. The molecule has 0 aliphatic rings. The molecule has 0 atom stereocenters. The molecule has 109 valence electrons. The predicted molar refractivity (Wildman–Crippen MR) is 75.7 cm³/mol. The average Bonchev–Trinajstić information content (AvgIpc) is 2.26. The molecule has 0 unspecified atom stereocenters. The summed E-state index contributed by atoms with van der Waals surface area (Å²) in [6.07, 6.45) is 8.14. The Bertz CT molecular complexity index is 316. The van der Waals surface area contributed by atoms with Crippen molar-refractivity contribution in [2.24, 2.45) is 0 Å². The quantitative estimate of drug-likeness (QED) is 0.274. The van der Waals surface area contributed by atoms with Crippen LogP contribution in [-0.4, -0.2) is 60.9 Å². The Kier molecular flexibility index (Phi) is 15.2. The molecule has 0 bridgehead atoms. The van der Waals surface area contributed by atoms with Crippen molar-refractivity contribution >= 4 is 45.6 Å². The van der Waals surface area contributed by atoms with E-state index >= 15 is 0 Å². The van der Waals surface area contributed by atoms with Gasteiger partial charge in [0.05, 0.1) is 0 Å². The SMILES string of the molecule is CCCCCCCCCC(=O)OCCS(=O)(=O)O.[Na]. The largest absolute Gasteiger partial charge is 0.464 e. The normalized spacial score (nSPS) is 10.8. The van der Waals surface area contributed by atoms with Gasteiger partial charge in [-0.1, -0.05) is 45.4 Å². The topological polar surface area (TPSA) is 80.7 Å². The molecule has 1 N–H and O–H groups in total. The number of rotatable bonds is 11. The van der Waals surface area contributed by atoms with Crippen LogP contribution in [0.3, 0.4) is 0 Å². The van der Waals surface area contributed by atoms with E-state index in [0.29, 0.717) is 6.42 Å². The summed E-state index contributed by atoms with van der Waals surface area (Å²) in [6, 6.07) is 0. The molecule has 0 heterocycles. The molecule has 0 spiro atoms. The summed E-state index contributed by atoms with van der Waals surface area (Å²) in [7, 11) is -4.04. The Labute approximate surface area is 138 Å². The summed E-state index contributed by atoms with van der Waals surface area (Å²) in [5, 5.41) is 0. The number of hydrogen-bond donors (Lipinski definition) is 1. The number of unbranched alkanes of at least 4 members (excludes halogenated alkanes) is 6. The third-order valence-electron chi connectivity index (χ3n) is 2.59. The van der Waals surface area contributed by atoms with E-state index in [9.17, 15) is 13.2 Å². The zero-order chi connectivity index (χ0) is 13.9. The maximum Gasteiger partial charge on any atom is 0.305 e. The maximum atomic E-state index is 11.2. The predicted octanol–water partition coefficient (Wildman–Crippen LogP) is 2.18. The molecule has 0 aliphatic heterocycles. The molecule has 19 heavy (non-hydrogen) atoms. The first kappa shape index (κ1) is 21.7. The van der Waals surface area contributed by atoms with Crippen molar-refractivity contribution in [1.82, 2.24) is 0 Å². The summed E-state index contributed by atoms with van der Waals surface area (Å²) >= 11 is 0. The summed E-state index contributed by atoms with van der Waals surface area (Å²) in [5.74, 6) is -0.928. The average molecular weight is 303 g/mol. The Morgan fingerprint density at radius 1 is 1.05 bits per heavy atom. The molecule has 0 aromatic carbocycles. The van der Waals surface area contributed by atoms with E-state index in [4.69, 9.17) is 4.55 Å². The number of ether oxygens (including phenoxy) is 1. The van der Waals surface area contributed by atoms with Crippen molar-refractivity contribution in [2.75, 3.05) is 12.4 Å². The van der Waals surface area contributed by atoms with Gasteiger partial charge in [0, 0.05) is 36.0 Å². The fraction of sp³-hybridized carbons (Fsp3) is 0.917. The second-order valence-electron chi connectivity index (χ2n) is 4.38. The number of carbonyl (C=O) groups is 1. The molecule has 0 aromatic rings. The second kappa shape index (κ2) is 13.4. The maximum absolute atomic E-state index is 11.2. The summed E-state index contributed by atoms with van der Waals surface area (Å²) in [5.41, 5.74) is 0. The molecule has 0 saturated heterocycles. The van der Waals surface area contributed by atoms with Crippen LogP contribution in [0.25, 0.3) is 0 Å². The summed E-state index contributed by atoms with van der Waals surface area (Å²) in [6.45, 7) is 1.90. The van der Waals surface area contributed by atoms with Gasteiger partial charge < -0.3 is 4.74 Å². The van der Waals surface area contributed by atoms with Crippen molar-refractivity contribution in [1.29, 1.82) is 0 Å². The molecule has 0 aromatic heterocycles. The van der Waals surface area contributed by atoms with E-state index in [0.717, 1.165) is 19.3 Å². The van der Waals surface area contributed by atoms with Gasteiger partial charge >= 0.3 is 5.97 Å². The van der Waals surface area contributed by atoms with Crippen LogP contribution in [0.5, 0.6) is 0 Å². The summed E-state index contributed by atoms with van der Waals surface area (Å²) < 4.78 is 33.8. The van der Waals surface area contributed by atoms with E-state index in [-0.39, 0.29) is 36.2 Å². The Morgan fingerprint density at radius 3 is 2.11 bits per heavy atom. The molecule has 0 aliphatic carbocycles. The molecule has 1 radical (unpaired) electrons. The summed E-state index contributed by atoms with van der Waals surface area (Å²) in [4.78, 5) is 11.2.